The highest BCUT2D eigenvalue weighted by atomic mass is 16.7. The smallest absolute Gasteiger partial charge is 0.338 e. The topological polar surface area (TPSA) is 83.5 Å². The lowest BCUT2D eigenvalue weighted by atomic mass is 9.75. The molecule has 0 radical (unpaired) electrons. The number of aliphatic hydroxyl groups is 1. The maximum Gasteiger partial charge on any atom is 0.338 e. The molecule has 1 fully saturated rings. The number of ether oxygens (including phenoxy) is 5. The van der Waals surface area contributed by atoms with Gasteiger partial charge in [0.2, 0.25) is 5.79 Å². The summed E-state index contributed by atoms with van der Waals surface area (Å²) in [5, 5.41) is 10.9. The van der Waals surface area contributed by atoms with E-state index >= 15 is 0 Å². The van der Waals surface area contributed by atoms with Crippen molar-refractivity contribution in [1.82, 2.24) is 0 Å². The molecule has 2 aliphatic rings. The predicted molar refractivity (Wildman–Crippen MR) is 78.4 cm³/mol. The molecule has 0 saturated carbocycles. The molecule has 0 aromatic heterocycles. The summed E-state index contributed by atoms with van der Waals surface area (Å²) in [6, 6.07) is 3.48. The fraction of sp³-hybridized carbons (Fsp3) is 0.562. The van der Waals surface area contributed by atoms with Gasteiger partial charge in [0, 0.05) is 18.4 Å². The van der Waals surface area contributed by atoms with Crippen molar-refractivity contribution in [3.8, 4) is 11.5 Å². The Hall–Kier alpha value is -1.83. The average molecular weight is 324 g/mol. The van der Waals surface area contributed by atoms with E-state index in [2.05, 4.69) is 0 Å². The van der Waals surface area contributed by atoms with Gasteiger partial charge >= 0.3 is 5.97 Å². The normalized spacial score (nSPS) is 25.0. The number of methoxy groups -OCH3 is 3. The van der Waals surface area contributed by atoms with Gasteiger partial charge in [-0.05, 0) is 12.1 Å². The molecule has 1 aromatic carbocycles. The Balaban J connectivity index is 2.23. The highest BCUT2D eigenvalue weighted by molar-refractivity contribution is 5.81. The number of carbonyl (C=O) groups excluding carboxylic acids is 1. The van der Waals surface area contributed by atoms with Crippen LogP contribution in [0.5, 0.6) is 11.5 Å². The zero-order chi connectivity index (χ0) is 16.7. The van der Waals surface area contributed by atoms with Crippen LogP contribution in [0.2, 0.25) is 0 Å². The first-order valence-corrected chi connectivity index (χ1v) is 7.33. The Labute approximate surface area is 134 Å². The van der Waals surface area contributed by atoms with Crippen molar-refractivity contribution < 1.29 is 33.6 Å². The fourth-order valence-corrected chi connectivity index (χ4v) is 3.43. The van der Waals surface area contributed by atoms with Crippen LogP contribution in [0, 0.1) is 0 Å². The van der Waals surface area contributed by atoms with Gasteiger partial charge < -0.3 is 28.8 Å². The van der Waals surface area contributed by atoms with Crippen molar-refractivity contribution >= 4 is 5.97 Å². The maximum atomic E-state index is 12.1. The lowest BCUT2D eigenvalue weighted by Crippen LogP contribution is -2.52. The molecule has 1 aliphatic carbocycles. The second kappa shape index (κ2) is 5.67. The van der Waals surface area contributed by atoms with E-state index in [1.807, 2.05) is 0 Å². The predicted octanol–water partition coefficient (Wildman–Crippen LogP) is 0.754. The Morgan fingerprint density at radius 3 is 2.30 bits per heavy atom. The van der Waals surface area contributed by atoms with E-state index in [0.29, 0.717) is 35.8 Å². The van der Waals surface area contributed by atoms with E-state index in [0.717, 1.165) is 0 Å². The van der Waals surface area contributed by atoms with E-state index in [1.165, 1.54) is 14.2 Å². The number of hydrogen-bond donors (Lipinski definition) is 1. The molecule has 1 spiro atoms. The molecule has 0 amide bonds. The minimum Gasteiger partial charge on any atom is -0.496 e. The molecule has 1 unspecified atom stereocenters. The molecular weight excluding hydrogens is 304 g/mol. The van der Waals surface area contributed by atoms with E-state index in [9.17, 15) is 9.90 Å². The highest BCUT2D eigenvalue weighted by Gasteiger charge is 2.57. The van der Waals surface area contributed by atoms with Crippen LogP contribution < -0.4 is 9.47 Å². The molecule has 126 valence electrons. The second-order valence-corrected chi connectivity index (χ2v) is 5.65. The molecule has 0 bridgehead atoms. The molecule has 1 N–H and O–H groups in total. The number of benzene rings is 1. The minimum absolute atomic E-state index is 0.0316. The summed E-state index contributed by atoms with van der Waals surface area (Å²) < 4.78 is 27.2. The highest BCUT2D eigenvalue weighted by Crippen LogP contribution is 2.52. The molecule has 7 heteroatoms. The Morgan fingerprint density at radius 1 is 1.13 bits per heavy atom. The van der Waals surface area contributed by atoms with Gasteiger partial charge in [0.25, 0.3) is 0 Å². The van der Waals surface area contributed by atoms with Crippen molar-refractivity contribution in [1.29, 1.82) is 0 Å². The molecule has 1 aliphatic heterocycles. The lowest BCUT2D eigenvalue weighted by molar-refractivity contribution is -0.220. The molecule has 23 heavy (non-hydrogen) atoms. The first kappa shape index (κ1) is 16.0. The third-order valence-electron chi connectivity index (χ3n) is 4.37. The summed E-state index contributed by atoms with van der Waals surface area (Å²) in [7, 11) is 4.31. The van der Waals surface area contributed by atoms with Gasteiger partial charge in [-0.25, -0.2) is 4.79 Å². The zero-order valence-corrected chi connectivity index (χ0v) is 13.4. The van der Waals surface area contributed by atoms with Gasteiger partial charge in [0.05, 0.1) is 40.1 Å². The summed E-state index contributed by atoms with van der Waals surface area (Å²) in [4.78, 5) is 12.1. The molecule has 7 nitrogen and oxygen atoms in total. The van der Waals surface area contributed by atoms with Gasteiger partial charge in [-0.15, -0.1) is 0 Å². The minimum atomic E-state index is -1.76. The lowest BCUT2D eigenvalue weighted by Gasteiger charge is -2.42. The first-order valence-electron chi connectivity index (χ1n) is 7.33. The molecule has 1 heterocycles. The Bertz CT molecular complexity index is 621. The number of esters is 1. The van der Waals surface area contributed by atoms with Crippen LogP contribution in [-0.2, 0) is 31.2 Å². The van der Waals surface area contributed by atoms with Crippen molar-refractivity contribution in [3.63, 3.8) is 0 Å². The summed E-state index contributed by atoms with van der Waals surface area (Å²) in [6.07, 6.45) is -0.0347. The zero-order valence-electron chi connectivity index (χ0n) is 13.4. The van der Waals surface area contributed by atoms with Gasteiger partial charge in [-0.3, -0.25) is 0 Å². The van der Waals surface area contributed by atoms with Gasteiger partial charge in [0.1, 0.15) is 11.5 Å². The van der Waals surface area contributed by atoms with E-state index < -0.39 is 17.4 Å². The number of fused-ring (bicyclic) bond motifs is 2. The summed E-state index contributed by atoms with van der Waals surface area (Å²) in [5.74, 6) is -0.890. The number of rotatable bonds is 3. The fourth-order valence-electron chi connectivity index (χ4n) is 3.43. The quantitative estimate of drug-likeness (QED) is 0.822. The second-order valence-electron chi connectivity index (χ2n) is 5.65. The van der Waals surface area contributed by atoms with E-state index in [-0.39, 0.29) is 12.8 Å². The monoisotopic (exact) mass is 324 g/mol. The van der Waals surface area contributed by atoms with E-state index in [4.69, 9.17) is 23.7 Å². The standard InChI is InChI=1S/C16H20O7/c1-19-11-4-5-12(20-2)13-10(11)8-15(18,14(17)21-3)9-16(13)22-6-7-23-16/h4-5,18H,6-9H2,1-3H3. The Kier molecular flexibility index (Phi) is 3.95. The van der Waals surface area contributed by atoms with Crippen molar-refractivity contribution in [2.24, 2.45) is 0 Å². The number of hydrogen-bond acceptors (Lipinski definition) is 7. The summed E-state index contributed by atoms with van der Waals surface area (Å²) in [5.41, 5.74) is -0.482. The van der Waals surface area contributed by atoms with E-state index in [1.54, 1.807) is 19.2 Å². The van der Waals surface area contributed by atoms with Crippen molar-refractivity contribution in [3.05, 3.63) is 23.3 Å². The summed E-state index contributed by atoms with van der Waals surface area (Å²) in [6.45, 7) is 0.716. The third kappa shape index (κ3) is 2.36. The van der Waals surface area contributed by atoms with Crippen LogP contribution in [0.4, 0.5) is 0 Å². The van der Waals surface area contributed by atoms with Crippen LogP contribution in [0.15, 0.2) is 12.1 Å². The Morgan fingerprint density at radius 2 is 1.74 bits per heavy atom. The van der Waals surface area contributed by atoms with Crippen LogP contribution in [0.3, 0.4) is 0 Å². The van der Waals surface area contributed by atoms with Crippen LogP contribution in [0.25, 0.3) is 0 Å². The third-order valence-corrected chi connectivity index (χ3v) is 4.37. The molecule has 1 aromatic rings. The van der Waals surface area contributed by atoms with Gasteiger partial charge in [0.15, 0.2) is 5.60 Å². The summed E-state index contributed by atoms with van der Waals surface area (Å²) >= 11 is 0. The molecule has 1 atom stereocenters. The largest absolute Gasteiger partial charge is 0.496 e. The molecule has 3 rings (SSSR count). The molecule has 1 saturated heterocycles. The van der Waals surface area contributed by atoms with Crippen molar-refractivity contribution in [2.45, 2.75) is 24.2 Å². The maximum absolute atomic E-state index is 12.1. The van der Waals surface area contributed by atoms with Crippen molar-refractivity contribution in [2.75, 3.05) is 34.5 Å². The SMILES string of the molecule is COC(=O)C1(O)Cc2c(OC)ccc(OC)c2C2(C1)OCCO2. The van der Waals surface area contributed by atoms with Gasteiger partial charge in [-0.1, -0.05) is 0 Å². The van der Waals surface area contributed by atoms with Crippen LogP contribution in [-0.4, -0.2) is 51.2 Å². The first-order chi connectivity index (χ1) is 11.0. The number of carbonyl (C=O) groups is 1. The van der Waals surface area contributed by atoms with Crippen LogP contribution >= 0.6 is 0 Å². The van der Waals surface area contributed by atoms with Gasteiger partial charge in [-0.2, -0.15) is 0 Å². The average Bonchev–Trinajstić information content (AvgIpc) is 3.01. The molecular formula is C16H20O7. The van der Waals surface area contributed by atoms with Crippen LogP contribution in [0.1, 0.15) is 17.5 Å².